The van der Waals surface area contributed by atoms with Gasteiger partial charge in [0.15, 0.2) is 6.10 Å². The predicted molar refractivity (Wildman–Crippen MR) is 74.5 cm³/mol. The van der Waals surface area contributed by atoms with Crippen LogP contribution >= 0.6 is 11.3 Å². The zero-order valence-corrected chi connectivity index (χ0v) is 11.8. The number of esters is 1. The van der Waals surface area contributed by atoms with Crippen LogP contribution in [0.15, 0.2) is 29.9 Å². The second-order valence-corrected chi connectivity index (χ2v) is 5.14. The maximum atomic E-state index is 12.0. The Morgan fingerprint density at radius 3 is 2.79 bits per heavy atom. The zero-order valence-electron chi connectivity index (χ0n) is 11.0. The van der Waals surface area contributed by atoms with Crippen molar-refractivity contribution < 1.29 is 9.53 Å². The Morgan fingerprint density at radius 1 is 1.37 bits per heavy atom. The van der Waals surface area contributed by atoms with E-state index in [9.17, 15) is 4.79 Å². The number of hydrogen-bond donors (Lipinski definition) is 0. The van der Waals surface area contributed by atoms with E-state index in [0.717, 1.165) is 10.8 Å². The molecule has 6 heteroatoms. The smallest absolute Gasteiger partial charge is 0.339 e. The first-order valence-corrected chi connectivity index (χ1v) is 6.69. The van der Waals surface area contributed by atoms with Crippen LogP contribution < -0.4 is 4.90 Å². The van der Waals surface area contributed by atoms with E-state index in [1.807, 2.05) is 31.3 Å². The molecule has 1 atom stereocenters. The summed E-state index contributed by atoms with van der Waals surface area (Å²) in [5, 5.41) is 2.64. The van der Waals surface area contributed by atoms with Crippen LogP contribution in [-0.4, -0.2) is 30.0 Å². The summed E-state index contributed by atoms with van der Waals surface area (Å²) in [6.45, 7) is 1.81. The molecule has 0 spiro atoms. The summed E-state index contributed by atoms with van der Waals surface area (Å²) in [6.07, 6.45) is 2.95. The van der Waals surface area contributed by atoms with Crippen LogP contribution in [0, 0.1) is 0 Å². The van der Waals surface area contributed by atoms with Crippen molar-refractivity contribution in [3.63, 3.8) is 0 Å². The summed E-state index contributed by atoms with van der Waals surface area (Å²) >= 11 is 1.47. The quantitative estimate of drug-likeness (QED) is 0.804. The van der Waals surface area contributed by atoms with E-state index in [0.29, 0.717) is 5.56 Å². The number of nitrogens with zero attached hydrogens (tertiary/aromatic N) is 3. The summed E-state index contributed by atoms with van der Waals surface area (Å²) in [6, 6.07) is 3.35. The number of carbonyl (C=O) groups is 1. The standard InChI is InChI=1S/C13H15N3O2S/c1-9(12-15-6-7-19-12)18-13(17)10-4-5-14-11(8-10)16(2)3/h4-9H,1-3H3. The van der Waals surface area contributed by atoms with Gasteiger partial charge in [0.05, 0.1) is 5.56 Å². The van der Waals surface area contributed by atoms with Crippen molar-refractivity contribution >= 4 is 23.1 Å². The second-order valence-electron chi connectivity index (χ2n) is 4.22. The largest absolute Gasteiger partial charge is 0.452 e. The van der Waals surface area contributed by atoms with E-state index in [2.05, 4.69) is 9.97 Å². The highest BCUT2D eigenvalue weighted by atomic mass is 32.1. The van der Waals surface area contributed by atoms with Gasteiger partial charge >= 0.3 is 5.97 Å². The number of pyridine rings is 1. The zero-order chi connectivity index (χ0) is 13.8. The van der Waals surface area contributed by atoms with Gasteiger partial charge in [0, 0.05) is 31.9 Å². The Kier molecular flexibility index (Phi) is 4.11. The minimum absolute atomic E-state index is 0.344. The second kappa shape index (κ2) is 5.79. The van der Waals surface area contributed by atoms with Crippen molar-refractivity contribution in [2.24, 2.45) is 0 Å². The van der Waals surface area contributed by atoms with E-state index in [-0.39, 0.29) is 12.1 Å². The Labute approximate surface area is 115 Å². The van der Waals surface area contributed by atoms with Crippen LogP contribution in [0.3, 0.4) is 0 Å². The van der Waals surface area contributed by atoms with Crippen LogP contribution in [0.5, 0.6) is 0 Å². The summed E-state index contributed by atoms with van der Waals surface area (Å²) in [5.74, 6) is 0.351. The van der Waals surface area contributed by atoms with Crippen molar-refractivity contribution in [2.75, 3.05) is 19.0 Å². The highest BCUT2D eigenvalue weighted by Gasteiger charge is 2.16. The summed E-state index contributed by atoms with van der Waals surface area (Å²) < 4.78 is 5.38. The normalized spacial score (nSPS) is 11.9. The van der Waals surface area contributed by atoms with Crippen molar-refractivity contribution in [3.8, 4) is 0 Å². The highest BCUT2D eigenvalue weighted by Crippen LogP contribution is 2.21. The lowest BCUT2D eigenvalue weighted by Gasteiger charge is -2.13. The molecule has 2 aromatic rings. The fourth-order valence-electron chi connectivity index (χ4n) is 1.50. The first-order valence-electron chi connectivity index (χ1n) is 5.81. The maximum Gasteiger partial charge on any atom is 0.339 e. The molecule has 0 fully saturated rings. The van der Waals surface area contributed by atoms with Gasteiger partial charge in [0.25, 0.3) is 0 Å². The average molecular weight is 277 g/mol. The number of aromatic nitrogens is 2. The van der Waals surface area contributed by atoms with Gasteiger partial charge in [0.1, 0.15) is 10.8 Å². The molecule has 0 aromatic carbocycles. The van der Waals surface area contributed by atoms with E-state index in [4.69, 9.17) is 4.74 Å². The fraction of sp³-hybridized carbons (Fsp3) is 0.308. The number of rotatable bonds is 4. The minimum atomic E-state index is -0.367. The third-order valence-corrected chi connectivity index (χ3v) is 3.46. The van der Waals surface area contributed by atoms with Gasteiger partial charge in [-0.05, 0) is 19.1 Å². The molecule has 0 saturated carbocycles. The molecule has 0 radical (unpaired) electrons. The topological polar surface area (TPSA) is 55.3 Å². The number of ether oxygens (including phenoxy) is 1. The fourth-order valence-corrected chi connectivity index (χ4v) is 2.13. The number of carbonyl (C=O) groups excluding carboxylic acids is 1. The lowest BCUT2D eigenvalue weighted by atomic mass is 10.2. The maximum absolute atomic E-state index is 12.0. The van der Waals surface area contributed by atoms with Gasteiger partial charge in [0.2, 0.25) is 0 Å². The van der Waals surface area contributed by atoms with Gasteiger partial charge in [-0.1, -0.05) is 0 Å². The van der Waals surface area contributed by atoms with Crippen molar-refractivity contribution in [1.29, 1.82) is 0 Å². The molecular formula is C13H15N3O2S. The van der Waals surface area contributed by atoms with Crippen molar-refractivity contribution in [1.82, 2.24) is 9.97 Å². The van der Waals surface area contributed by atoms with E-state index in [1.165, 1.54) is 11.3 Å². The Bertz CT molecular complexity index is 555. The lowest BCUT2D eigenvalue weighted by Crippen LogP contribution is -2.13. The van der Waals surface area contributed by atoms with Crippen LogP contribution in [0.2, 0.25) is 0 Å². The Morgan fingerprint density at radius 2 is 2.16 bits per heavy atom. The van der Waals surface area contributed by atoms with Crippen LogP contribution in [0.25, 0.3) is 0 Å². The molecule has 0 aliphatic carbocycles. The number of anilines is 1. The summed E-state index contributed by atoms with van der Waals surface area (Å²) in [4.78, 5) is 22.2. The first-order chi connectivity index (χ1) is 9.08. The molecule has 0 bridgehead atoms. The average Bonchev–Trinajstić information content (AvgIpc) is 2.92. The monoisotopic (exact) mass is 277 g/mol. The molecule has 0 aliphatic rings. The Balaban J connectivity index is 2.10. The molecule has 2 rings (SSSR count). The predicted octanol–water partition coefficient (Wildman–Crippen LogP) is 2.52. The van der Waals surface area contributed by atoms with Crippen LogP contribution in [0.1, 0.15) is 28.4 Å². The molecule has 2 heterocycles. The van der Waals surface area contributed by atoms with Crippen LogP contribution in [-0.2, 0) is 4.74 Å². The molecule has 100 valence electrons. The SMILES string of the molecule is CC(OC(=O)c1ccnc(N(C)C)c1)c1nccs1. The van der Waals surface area contributed by atoms with E-state index >= 15 is 0 Å². The Hall–Kier alpha value is -1.95. The first kappa shape index (κ1) is 13.5. The van der Waals surface area contributed by atoms with Crippen molar-refractivity contribution in [2.45, 2.75) is 13.0 Å². The van der Waals surface area contributed by atoms with Gasteiger partial charge in [-0.3, -0.25) is 0 Å². The van der Waals surface area contributed by atoms with Gasteiger partial charge in [-0.2, -0.15) is 0 Å². The molecule has 5 nitrogen and oxygen atoms in total. The van der Waals surface area contributed by atoms with Gasteiger partial charge in [-0.15, -0.1) is 11.3 Å². The molecule has 1 unspecified atom stereocenters. The minimum Gasteiger partial charge on any atom is -0.452 e. The molecule has 0 saturated heterocycles. The van der Waals surface area contributed by atoms with Crippen molar-refractivity contribution in [3.05, 3.63) is 40.5 Å². The van der Waals surface area contributed by atoms with E-state index in [1.54, 1.807) is 24.5 Å². The van der Waals surface area contributed by atoms with Gasteiger partial charge < -0.3 is 9.64 Å². The van der Waals surface area contributed by atoms with Crippen LogP contribution in [0.4, 0.5) is 5.82 Å². The highest BCUT2D eigenvalue weighted by molar-refractivity contribution is 7.09. The number of thiazole rings is 1. The van der Waals surface area contributed by atoms with Gasteiger partial charge in [-0.25, -0.2) is 14.8 Å². The molecule has 0 N–H and O–H groups in total. The molecular weight excluding hydrogens is 262 g/mol. The third-order valence-electron chi connectivity index (χ3n) is 2.52. The third kappa shape index (κ3) is 3.29. The lowest BCUT2D eigenvalue weighted by molar-refractivity contribution is 0.0337. The molecule has 2 aromatic heterocycles. The summed E-state index contributed by atoms with van der Waals surface area (Å²) in [5.41, 5.74) is 0.488. The summed E-state index contributed by atoms with van der Waals surface area (Å²) in [7, 11) is 3.74. The van der Waals surface area contributed by atoms with E-state index < -0.39 is 0 Å². The molecule has 0 aliphatic heterocycles. The molecule has 0 amide bonds. The molecule has 19 heavy (non-hydrogen) atoms. The number of hydrogen-bond acceptors (Lipinski definition) is 6.